The fraction of sp³-hybridized carbons (Fsp3) is 0.421. The third-order valence-corrected chi connectivity index (χ3v) is 5.01. The van der Waals surface area contributed by atoms with Crippen LogP contribution in [-0.4, -0.2) is 40.2 Å². The second-order valence-electron chi connectivity index (χ2n) is 7.19. The first-order valence-corrected chi connectivity index (χ1v) is 8.91. The molecule has 1 saturated carbocycles. The van der Waals surface area contributed by atoms with Crippen LogP contribution in [0.1, 0.15) is 37.0 Å². The fourth-order valence-corrected chi connectivity index (χ4v) is 3.34. The lowest BCUT2D eigenvalue weighted by atomic mass is 9.99. The number of urea groups is 1. The predicted molar refractivity (Wildman–Crippen MR) is 93.3 cm³/mol. The molecule has 2 aliphatic rings. The van der Waals surface area contributed by atoms with Crippen molar-refractivity contribution in [2.24, 2.45) is 0 Å². The monoisotopic (exact) mass is 371 g/mol. The van der Waals surface area contributed by atoms with Gasteiger partial charge in [-0.25, -0.2) is 4.79 Å². The molecule has 4 amide bonds. The second kappa shape index (κ2) is 6.29. The average Bonchev–Trinajstić information content (AvgIpc) is 3.05. The quantitative estimate of drug-likeness (QED) is 0.785. The molecule has 1 aliphatic carbocycles. The highest BCUT2D eigenvalue weighted by atomic mass is 16.3. The van der Waals surface area contributed by atoms with Crippen molar-refractivity contribution in [3.8, 4) is 0 Å². The molecule has 1 atom stereocenters. The van der Waals surface area contributed by atoms with E-state index in [0.29, 0.717) is 18.1 Å². The van der Waals surface area contributed by atoms with Crippen LogP contribution in [0.4, 0.5) is 4.79 Å². The van der Waals surface area contributed by atoms with Crippen molar-refractivity contribution in [3.05, 3.63) is 47.8 Å². The molecule has 1 N–H and O–H groups in total. The fourth-order valence-electron chi connectivity index (χ4n) is 3.34. The van der Waals surface area contributed by atoms with Crippen molar-refractivity contribution in [3.63, 3.8) is 0 Å². The van der Waals surface area contributed by atoms with Gasteiger partial charge in [0.1, 0.15) is 23.8 Å². The maximum Gasteiger partial charge on any atom is 0.325 e. The van der Waals surface area contributed by atoms with Crippen LogP contribution in [0.5, 0.6) is 0 Å². The van der Waals surface area contributed by atoms with Crippen molar-refractivity contribution in [2.75, 3.05) is 6.54 Å². The van der Waals surface area contributed by atoms with E-state index in [1.54, 1.807) is 24.0 Å². The highest BCUT2D eigenvalue weighted by Crippen LogP contribution is 2.31. The Morgan fingerprint density at radius 1 is 1.33 bits per heavy atom. The lowest BCUT2D eigenvalue weighted by Gasteiger charge is -2.24. The van der Waals surface area contributed by atoms with Crippen molar-refractivity contribution in [2.45, 2.75) is 44.8 Å². The van der Waals surface area contributed by atoms with E-state index in [-0.39, 0.29) is 18.5 Å². The van der Waals surface area contributed by atoms with Gasteiger partial charge in [0, 0.05) is 6.04 Å². The number of carbonyl (C=O) groups excluding carboxylic acids is 3. The van der Waals surface area contributed by atoms with E-state index in [1.807, 2.05) is 19.1 Å². The summed E-state index contributed by atoms with van der Waals surface area (Å²) >= 11 is 0. The number of hydrogen-bond acceptors (Lipinski definition) is 5. The molecule has 1 saturated heterocycles. The van der Waals surface area contributed by atoms with E-state index in [9.17, 15) is 14.4 Å². The Labute approximate surface area is 156 Å². The normalized spacial score (nSPS) is 22.2. The van der Waals surface area contributed by atoms with Gasteiger partial charge in [-0.2, -0.15) is 0 Å². The largest absolute Gasteiger partial charge is 0.466 e. The molecule has 2 fully saturated rings. The van der Waals surface area contributed by atoms with Crippen LogP contribution >= 0.6 is 0 Å². The molecule has 8 nitrogen and oxygen atoms in total. The molecule has 0 bridgehead atoms. The van der Waals surface area contributed by atoms with Crippen LogP contribution in [0.15, 0.2) is 39.4 Å². The standard InChI is InChI=1S/C19H21N3O5/c1-12-5-8-14(27-12)10-21(13-6-7-13)16(23)11-22-17(24)19(2,20-18(22)25)15-4-3-9-26-15/h3-5,8-9,13H,6-7,10-11H2,1-2H3,(H,20,25). The molecule has 142 valence electrons. The first-order chi connectivity index (χ1) is 12.9. The van der Waals surface area contributed by atoms with Gasteiger partial charge in [-0.05, 0) is 51.0 Å². The predicted octanol–water partition coefficient (Wildman–Crippen LogP) is 2.14. The lowest BCUT2D eigenvalue weighted by Crippen LogP contribution is -2.45. The molecule has 0 aromatic carbocycles. The van der Waals surface area contributed by atoms with E-state index in [4.69, 9.17) is 8.83 Å². The molecule has 0 radical (unpaired) electrons. The van der Waals surface area contributed by atoms with Crippen molar-refractivity contribution in [1.29, 1.82) is 0 Å². The Morgan fingerprint density at radius 2 is 2.11 bits per heavy atom. The van der Waals surface area contributed by atoms with Crippen molar-refractivity contribution in [1.82, 2.24) is 15.1 Å². The molecule has 1 aliphatic heterocycles. The molecular weight excluding hydrogens is 350 g/mol. The van der Waals surface area contributed by atoms with E-state index in [0.717, 1.165) is 23.5 Å². The topological polar surface area (TPSA) is 96.0 Å². The molecule has 4 rings (SSSR count). The number of aryl methyl sites for hydroxylation is 1. The van der Waals surface area contributed by atoms with Gasteiger partial charge < -0.3 is 19.1 Å². The Bertz CT molecular complexity index is 883. The maximum absolute atomic E-state index is 12.9. The summed E-state index contributed by atoms with van der Waals surface area (Å²) in [5, 5.41) is 2.63. The first-order valence-electron chi connectivity index (χ1n) is 8.91. The van der Waals surface area contributed by atoms with Gasteiger partial charge in [-0.1, -0.05) is 0 Å². The van der Waals surface area contributed by atoms with Crippen LogP contribution < -0.4 is 5.32 Å². The number of nitrogens with zero attached hydrogens (tertiary/aromatic N) is 2. The van der Waals surface area contributed by atoms with Crippen LogP contribution in [0.2, 0.25) is 0 Å². The van der Waals surface area contributed by atoms with Crippen LogP contribution in [0.25, 0.3) is 0 Å². The Balaban J connectivity index is 1.49. The molecule has 8 heteroatoms. The number of rotatable bonds is 6. The summed E-state index contributed by atoms with van der Waals surface area (Å²) in [5.74, 6) is 1.02. The van der Waals surface area contributed by atoms with Gasteiger partial charge in [-0.3, -0.25) is 14.5 Å². The minimum Gasteiger partial charge on any atom is -0.466 e. The van der Waals surface area contributed by atoms with Crippen LogP contribution in [0, 0.1) is 6.92 Å². The molecule has 27 heavy (non-hydrogen) atoms. The lowest BCUT2D eigenvalue weighted by molar-refractivity contribution is -0.140. The van der Waals surface area contributed by atoms with E-state index < -0.39 is 17.5 Å². The van der Waals surface area contributed by atoms with Gasteiger partial charge in [-0.15, -0.1) is 0 Å². The minimum atomic E-state index is -1.30. The van der Waals surface area contributed by atoms with Crippen molar-refractivity contribution >= 4 is 17.8 Å². The number of furan rings is 2. The van der Waals surface area contributed by atoms with Gasteiger partial charge in [0.15, 0.2) is 5.54 Å². The third kappa shape index (κ3) is 3.11. The number of nitrogens with one attached hydrogen (secondary N) is 1. The van der Waals surface area contributed by atoms with E-state index >= 15 is 0 Å². The maximum atomic E-state index is 12.9. The number of imide groups is 1. The summed E-state index contributed by atoms with van der Waals surface area (Å²) in [6, 6.07) is 6.47. The zero-order valence-electron chi connectivity index (χ0n) is 15.2. The van der Waals surface area contributed by atoms with Gasteiger partial charge in [0.05, 0.1) is 12.8 Å². The van der Waals surface area contributed by atoms with Crippen LogP contribution in [-0.2, 0) is 21.7 Å². The van der Waals surface area contributed by atoms with E-state index in [2.05, 4.69) is 5.32 Å². The summed E-state index contributed by atoms with van der Waals surface area (Å²) in [7, 11) is 0. The highest BCUT2D eigenvalue weighted by Gasteiger charge is 2.52. The molecule has 2 aromatic rings. The molecule has 3 heterocycles. The zero-order valence-corrected chi connectivity index (χ0v) is 15.2. The van der Waals surface area contributed by atoms with Gasteiger partial charge >= 0.3 is 6.03 Å². The minimum absolute atomic E-state index is 0.125. The first kappa shape index (κ1) is 17.4. The third-order valence-electron chi connectivity index (χ3n) is 5.01. The Hall–Kier alpha value is -3.03. The highest BCUT2D eigenvalue weighted by molar-refractivity contribution is 6.08. The van der Waals surface area contributed by atoms with Crippen molar-refractivity contribution < 1.29 is 23.2 Å². The Morgan fingerprint density at radius 3 is 2.70 bits per heavy atom. The summed E-state index contributed by atoms with van der Waals surface area (Å²) < 4.78 is 10.9. The van der Waals surface area contributed by atoms with Gasteiger partial charge in [0.25, 0.3) is 5.91 Å². The second-order valence-corrected chi connectivity index (χ2v) is 7.19. The SMILES string of the molecule is Cc1ccc(CN(C(=O)CN2C(=O)NC(C)(c3ccco3)C2=O)C2CC2)o1. The Kier molecular flexibility index (Phi) is 4.05. The number of hydrogen-bond donors (Lipinski definition) is 1. The smallest absolute Gasteiger partial charge is 0.325 e. The summed E-state index contributed by atoms with van der Waals surface area (Å²) in [6.07, 6.45) is 3.26. The summed E-state index contributed by atoms with van der Waals surface area (Å²) in [4.78, 5) is 40.7. The molecular formula is C19H21N3O5. The average molecular weight is 371 g/mol. The zero-order chi connectivity index (χ0) is 19.2. The number of carbonyl (C=O) groups is 3. The summed E-state index contributed by atoms with van der Waals surface area (Å²) in [5.41, 5.74) is -1.30. The molecule has 2 aromatic heterocycles. The van der Waals surface area contributed by atoms with Gasteiger partial charge in [0.2, 0.25) is 5.91 Å². The number of amides is 4. The van der Waals surface area contributed by atoms with E-state index in [1.165, 1.54) is 6.26 Å². The van der Waals surface area contributed by atoms with Crippen LogP contribution in [0.3, 0.4) is 0 Å². The summed E-state index contributed by atoms with van der Waals surface area (Å²) in [6.45, 7) is 3.43. The molecule has 0 spiro atoms. The molecule has 1 unspecified atom stereocenters.